The summed E-state index contributed by atoms with van der Waals surface area (Å²) in [6, 6.07) is 8.40. The number of fused-ring (bicyclic) bond motifs is 1. The molecule has 7 heteroatoms. The summed E-state index contributed by atoms with van der Waals surface area (Å²) in [5.74, 6) is 0. The van der Waals surface area contributed by atoms with Crippen LogP contribution in [0.3, 0.4) is 0 Å². The summed E-state index contributed by atoms with van der Waals surface area (Å²) in [7, 11) is -3.35. The summed E-state index contributed by atoms with van der Waals surface area (Å²) in [5, 5.41) is 8.49. The minimum absolute atomic E-state index is 0.110. The quantitative estimate of drug-likeness (QED) is 0.768. The fraction of sp³-hybridized carbons (Fsp3) is 0.0714. The molecule has 1 aromatic heterocycles. The third-order valence-corrected chi connectivity index (χ3v) is 4.96. The van der Waals surface area contributed by atoms with Gasteiger partial charge in [0.05, 0.1) is 21.6 Å². The van der Waals surface area contributed by atoms with E-state index in [1.54, 1.807) is 30.5 Å². The molecule has 0 atom stereocenters. The van der Waals surface area contributed by atoms with Gasteiger partial charge in [0, 0.05) is 16.7 Å². The van der Waals surface area contributed by atoms with E-state index in [1.165, 1.54) is 6.07 Å². The van der Waals surface area contributed by atoms with Crippen molar-refractivity contribution >= 4 is 43.9 Å². The Balaban J connectivity index is 2.24. The smallest absolute Gasteiger partial charge is 0.176 e. The summed E-state index contributed by atoms with van der Waals surface area (Å²) >= 11 is 12.2. The number of H-pyrrole nitrogens is 1. The molecular weight excluding hydrogens is 331 g/mol. The third-order valence-electron chi connectivity index (χ3n) is 3.17. The second-order valence-corrected chi connectivity index (χ2v) is 7.53. The van der Waals surface area contributed by atoms with Gasteiger partial charge in [-0.15, -0.1) is 0 Å². The maximum absolute atomic E-state index is 11.6. The molecule has 0 aliphatic carbocycles. The van der Waals surface area contributed by atoms with E-state index in [-0.39, 0.29) is 9.92 Å². The fourth-order valence-corrected chi connectivity index (χ4v) is 3.77. The Kier molecular flexibility index (Phi) is 3.43. The average molecular weight is 341 g/mol. The molecule has 0 saturated carbocycles. The lowest BCUT2D eigenvalue weighted by molar-refractivity contribution is 0.602. The Morgan fingerprint density at radius 2 is 1.90 bits per heavy atom. The van der Waals surface area contributed by atoms with E-state index in [1.807, 2.05) is 0 Å². The normalized spacial score (nSPS) is 12.0. The Morgan fingerprint density at radius 1 is 1.14 bits per heavy atom. The highest BCUT2D eigenvalue weighted by atomic mass is 35.5. The first kappa shape index (κ1) is 14.4. The molecular formula is C14H10Cl2N2O2S. The summed E-state index contributed by atoms with van der Waals surface area (Å²) in [4.78, 5) is 0.110. The molecule has 0 aliphatic rings. The van der Waals surface area contributed by atoms with E-state index in [4.69, 9.17) is 23.2 Å². The van der Waals surface area contributed by atoms with Crippen molar-refractivity contribution in [1.29, 1.82) is 0 Å². The standard InChI is InChI=1S/C14H10Cl2N2O2S/c1-21(19,20)14-3-2-8(4-12(14)16)10-5-9(15)6-13-11(10)7-17-18-13/h2-7H,1H3,(H,17,18). The molecule has 0 aliphatic heterocycles. The number of sulfone groups is 1. The number of nitrogens with zero attached hydrogens (tertiary/aromatic N) is 1. The van der Waals surface area contributed by atoms with Crippen molar-refractivity contribution < 1.29 is 8.42 Å². The molecule has 1 N–H and O–H groups in total. The summed E-state index contributed by atoms with van der Waals surface area (Å²) in [5.41, 5.74) is 2.43. The van der Waals surface area contributed by atoms with Crippen LogP contribution >= 0.6 is 23.2 Å². The van der Waals surface area contributed by atoms with E-state index >= 15 is 0 Å². The van der Waals surface area contributed by atoms with Crippen molar-refractivity contribution in [2.24, 2.45) is 0 Å². The van der Waals surface area contributed by atoms with Crippen LogP contribution in [0.2, 0.25) is 10.0 Å². The van der Waals surface area contributed by atoms with Crippen molar-refractivity contribution in [3.63, 3.8) is 0 Å². The van der Waals surface area contributed by atoms with Crippen LogP contribution in [-0.2, 0) is 9.84 Å². The largest absolute Gasteiger partial charge is 0.278 e. The maximum atomic E-state index is 11.6. The van der Waals surface area contributed by atoms with Crippen molar-refractivity contribution in [3.8, 4) is 11.1 Å². The molecule has 3 aromatic rings. The number of halogens is 2. The van der Waals surface area contributed by atoms with Crippen molar-refractivity contribution in [2.75, 3.05) is 6.26 Å². The van der Waals surface area contributed by atoms with Crippen LogP contribution < -0.4 is 0 Å². The molecule has 4 nitrogen and oxygen atoms in total. The Labute approximate surface area is 131 Å². The fourth-order valence-electron chi connectivity index (χ4n) is 2.22. The first-order chi connectivity index (χ1) is 9.86. The average Bonchev–Trinajstić information content (AvgIpc) is 2.83. The van der Waals surface area contributed by atoms with E-state index in [9.17, 15) is 8.42 Å². The molecule has 0 bridgehead atoms. The first-order valence-electron chi connectivity index (χ1n) is 5.99. The first-order valence-corrected chi connectivity index (χ1v) is 8.63. The number of hydrogen-bond acceptors (Lipinski definition) is 3. The topological polar surface area (TPSA) is 62.8 Å². The van der Waals surface area contributed by atoms with Crippen LogP contribution in [0, 0.1) is 0 Å². The van der Waals surface area contributed by atoms with Crippen LogP contribution in [0.25, 0.3) is 22.0 Å². The van der Waals surface area contributed by atoms with Gasteiger partial charge < -0.3 is 0 Å². The Hall–Kier alpha value is -1.56. The van der Waals surface area contributed by atoms with Crippen molar-refractivity contribution in [2.45, 2.75) is 4.90 Å². The van der Waals surface area contributed by atoms with Gasteiger partial charge in [-0.25, -0.2) is 8.42 Å². The van der Waals surface area contributed by atoms with Gasteiger partial charge in [-0.2, -0.15) is 5.10 Å². The van der Waals surface area contributed by atoms with Gasteiger partial charge in [-0.1, -0.05) is 29.3 Å². The van der Waals surface area contributed by atoms with E-state index in [0.717, 1.165) is 28.3 Å². The lowest BCUT2D eigenvalue weighted by Gasteiger charge is -2.08. The molecule has 0 radical (unpaired) electrons. The SMILES string of the molecule is CS(=O)(=O)c1ccc(-c2cc(Cl)cc3[nH]ncc23)cc1Cl. The predicted octanol–water partition coefficient (Wildman–Crippen LogP) is 3.94. The van der Waals surface area contributed by atoms with Crippen LogP contribution in [0.5, 0.6) is 0 Å². The highest BCUT2D eigenvalue weighted by Crippen LogP contribution is 2.34. The summed E-state index contributed by atoms with van der Waals surface area (Å²) in [6.07, 6.45) is 2.82. The molecule has 1 heterocycles. The van der Waals surface area contributed by atoms with Crippen LogP contribution in [0.1, 0.15) is 0 Å². The monoisotopic (exact) mass is 340 g/mol. The maximum Gasteiger partial charge on any atom is 0.176 e. The zero-order valence-electron chi connectivity index (χ0n) is 10.9. The number of hydrogen-bond donors (Lipinski definition) is 1. The van der Waals surface area contributed by atoms with Crippen LogP contribution in [0.15, 0.2) is 41.4 Å². The number of aromatic nitrogens is 2. The lowest BCUT2D eigenvalue weighted by Crippen LogP contribution is -1.98. The number of nitrogens with one attached hydrogen (secondary N) is 1. The molecule has 0 unspecified atom stereocenters. The van der Waals surface area contributed by atoms with Gasteiger partial charge in [0.1, 0.15) is 0 Å². The second kappa shape index (κ2) is 5.02. The minimum atomic E-state index is -3.35. The van der Waals surface area contributed by atoms with Gasteiger partial charge in [-0.3, -0.25) is 5.10 Å². The van der Waals surface area contributed by atoms with Gasteiger partial charge in [0.15, 0.2) is 9.84 Å². The van der Waals surface area contributed by atoms with E-state index < -0.39 is 9.84 Å². The Morgan fingerprint density at radius 3 is 2.57 bits per heavy atom. The predicted molar refractivity (Wildman–Crippen MR) is 84.7 cm³/mol. The summed E-state index contributed by atoms with van der Waals surface area (Å²) < 4.78 is 23.2. The third kappa shape index (κ3) is 2.64. The minimum Gasteiger partial charge on any atom is -0.278 e. The van der Waals surface area contributed by atoms with Gasteiger partial charge >= 0.3 is 0 Å². The van der Waals surface area contributed by atoms with Crippen LogP contribution in [0.4, 0.5) is 0 Å². The van der Waals surface area contributed by atoms with E-state index in [0.29, 0.717) is 5.02 Å². The molecule has 0 spiro atoms. The molecule has 21 heavy (non-hydrogen) atoms. The summed E-state index contributed by atoms with van der Waals surface area (Å²) in [6.45, 7) is 0. The molecule has 0 amide bonds. The van der Waals surface area contributed by atoms with Gasteiger partial charge in [-0.05, 0) is 35.4 Å². The molecule has 2 aromatic carbocycles. The second-order valence-electron chi connectivity index (χ2n) is 4.70. The molecule has 3 rings (SSSR count). The Bertz CT molecular complexity index is 949. The molecule has 108 valence electrons. The van der Waals surface area contributed by atoms with Gasteiger partial charge in [0.25, 0.3) is 0 Å². The van der Waals surface area contributed by atoms with Crippen LogP contribution in [-0.4, -0.2) is 24.9 Å². The number of benzene rings is 2. The number of aromatic amines is 1. The zero-order chi connectivity index (χ0) is 15.2. The van der Waals surface area contributed by atoms with Crippen molar-refractivity contribution in [3.05, 3.63) is 46.6 Å². The van der Waals surface area contributed by atoms with Crippen molar-refractivity contribution in [1.82, 2.24) is 10.2 Å². The number of rotatable bonds is 2. The highest BCUT2D eigenvalue weighted by Gasteiger charge is 2.14. The van der Waals surface area contributed by atoms with Gasteiger partial charge in [0.2, 0.25) is 0 Å². The zero-order valence-corrected chi connectivity index (χ0v) is 13.2. The lowest BCUT2D eigenvalue weighted by atomic mass is 10.0. The van der Waals surface area contributed by atoms with E-state index in [2.05, 4.69) is 10.2 Å². The highest BCUT2D eigenvalue weighted by molar-refractivity contribution is 7.90. The molecule has 0 saturated heterocycles. The molecule has 0 fully saturated rings.